The highest BCUT2D eigenvalue weighted by Crippen LogP contribution is 2.26. The lowest BCUT2D eigenvalue weighted by Gasteiger charge is -2.32. The molecule has 0 saturated carbocycles. The van der Waals surface area contributed by atoms with Crippen LogP contribution in [-0.4, -0.2) is 19.6 Å². The van der Waals surface area contributed by atoms with Crippen LogP contribution in [0.1, 0.15) is 38.7 Å². The van der Waals surface area contributed by atoms with E-state index >= 15 is 0 Å². The van der Waals surface area contributed by atoms with Crippen molar-refractivity contribution < 1.29 is 4.39 Å². The van der Waals surface area contributed by atoms with E-state index in [2.05, 4.69) is 24.1 Å². The van der Waals surface area contributed by atoms with Crippen molar-refractivity contribution >= 4 is 5.69 Å². The van der Waals surface area contributed by atoms with E-state index in [-0.39, 0.29) is 5.82 Å². The average molecular weight is 264 g/mol. The summed E-state index contributed by atoms with van der Waals surface area (Å²) in [5, 5.41) is 3.37. The van der Waals surface area contributed by atoms with E-state index < -0.39 is 0 Å². The zero-order chi connectivity index (χ0) is 13.7. The van der Waals surface area contributed by atoms with Crippen LogP contribution in [0.2, 0.25) is 0 Å². The molecular formula is C16H25FN2. The highest BCUT2D eigenvalue weighted by Gasteiger charge is 2.18. The summed E-state index contributed by atoms with van der Waals surface area (Å²) < 4.78 is 14.0. The third kappa shape index (κ3) is 3.93. The lowest BCUT2D eigenvalue weighted by atomic mass is 9.98. The van der Waals surface area contributed by atoms with Crippen LogP contribution in [0.15, 0.2) is 18.2 Å². The quantitative estimate of drug-likeness (QED) is 0.818. The van der Waals surface area contributed by atoms with Crippen LogP contribution in [0.4, 0.5) is 10.1 Å². The Hall–Kier alpha value is -1.09. The molecule has 2 nitrogen and oxygen atoms in total. The molecule has 0 bridgehead atoms. The fraction of sp³-hybridized carbons (Fsp3) is 0.625. The van der Waals surface area contributed by atoms with E-state index in [1.54, 1.807) is 6.07 Å². The van der Waals surface area contributed by atoms with Crippen LogP contribution in [-0.2, 0) is 6.54 Å². The average Bonchev–Trinajstić information content (AvgIpc) is 2.42. The van der Waals surface area contributed by atoms with Gasteiger partial charge in [-0.1, -0.05) is 19.9 Å². The van der Waals surface area contributed by atoms with Gasteiger partial charge in [0.15, 0.2) is 0 Å². The summed E-state index contributed by atoms with van der Waals surface area (Å²) in [5.74, 6) is 0.683. The van der Waals surface area contributed by atoms with E-state index in [4.69, 9.17) is 0 Å². The van der Waals surface area contributed by atoms with E-state index in [9.17, 15) is 4.39 Å². The minimum absolute atomic E-state index is 0.0891. The number of rotatable bonds is 5. The molecule has 0 spiro atoms. The second-order valence-corrected chi connectivity index (χ2v) is 5.63. The van der Waals surface area contributed by atoms with Crippen molar-refractivity contribution in [3.05, 3.63) is 29.6 Å². The molecule has 0 aromatic heterocycles. The van der Waals surface area contributed by atoms with Gasteiger partial charge in [0.05, 0.1) is 5.69 Å². The van der Waals surface area contributed by atoms with Crippen LogP contribution in [0.25, 0.3) is 0 Å². The van der Waals surface area contributed by atoms with Gasteiger partial charge in [-0.3, -0.25) is 0 Å². The Morgan fingerprint density at radius 2 is 2.05 bits per heavy atom. The van der Waals surface area contributed by atoms with Crippen LogP contribution in [0, 0.1) is 11.7 Å². The maximum Gasteiger partial charge on any atom is 0.146 e. The normalized spacial score (nSPS) is 16.9. The van der Waals surface area contributed by atoms with Crippen molar-refractivity contribution in [1.29, 1.82) is 0 Å². The minimum atomic E-state index is -0.0891. The molecule has 0 unspecified atom stereocenters. The van der Waals surface area contributed by atoms with Crippen LogP contribution in [0.3, 0.4) is 0 Å². The first kappa shape index (κ1) is 14.3. The molecule has 1 N–H and O–H groups in total. The summed E-state index contributed by atoms with van der Waals surface area (Å²) in [6.07, 6.45) is 3.45. The third-order valence-electron chi connectivity index (χ3n) is 3.89. The molecule has 1 aromatic carbocycles. The third-order valence-corrected chi connectivity index (χ3v) is 3.89. The van der Waals surface area contributed by atoms with Gasteiger partial charge in [-0.15, -0.1) is 0 Å². The lowest BCUT2D eigenvalue weighted by molar-refractivity contribution is 0.434. The first-order valence-electron chi connectivity index (χ1n) is 7.44. The fourth-order valence-electron chi connectivity index (χ4n) is 2.57. The Morgan fingerprint density at radius 1 is 1.32 bits per heavy atom. The minimum Gasteiger partial charge on any atom is -0.369 e. The van der Waals surface area contributed by atoms with Gasteiger partial charge in [-0.2, -0.15) is 0 Å². The monoisotopic (exact) mass is 264 g/mol. The fourth-order valence-corrected chi connectivity index (χ4v) is 2.57. The molecule has 1 aromatic rings. The molecule has 0 amide bonds. The highest BCUT2D eigenvalue weighted by molar-refractivity contribution is 5.50. The first-order valence-corrected chi connectivity index (χ1v) is 7.44. The summed E-state index contributed by atoms with van der Waals surface area (Å²) in [4.78, 5) is 2.19. The number of piperidine rings is 1. The van der Waals surface area contributed by atoms with Crippen molar-refractivity contribution in [3.8, 4) is 0 Å². The Labute approximate surface area is 116 Å². The molecule has 1 aliphatic rings. The Bertz CT molecular complexity index is 398. The largest absolute Gasteiger partial charge is 0.369 e. The predicted molar refractivity (Wildman–Crippen MR) is 79.0 cm³/mol. The molecule has 19 heavy (non-hydrogen) atoms. The number of nitrogens with zero attached hydrogens (tertiary/aromatic N) is 1. The van der Waals surface area contributed by atoms with Gasteiger partial charge < -0.3 is 10.2 Å². The Morgan fingerprint density at radius 3 is 2.74 bits per heavy atom. The van der Waals surface area contributed by atoms with Crippen LogP contribution in [0.5, 0.6) is 0 Å². The van der Waals surface area contributed by atoms with Gasteiger partial charge in [-0.25, -0.2) is 4.39 Å². The number of benzene rings is 1. The van der Waals surface area contributed by atoms with Gasteiger partial charge >= 0.3 is 0 Å². The Kier molecular flexibility index (Phi) is 5.20. The van der Waals surface area contributed by atoms with Gasteiger partial charge in [0, 0.05) is 19.6 Å². The molecule has 0 radical (unpaired) electrons. The Balaban J connectivity index is 2.04. The number of nitrogens with one attached hydrogen (secondary N) is 1. The molecule has 1 heterocycles. The van der Waals surface area contributed by atoms with Gasteiger partial charge in [-0.05, 0) is 49.4 Å². The van der Waals surface area contributed by atoms with Crippen molar-refractivity contribution in [3.63, 3.8) is 0 Å². The van der Waals surface area contributed by atoms with Gasteiger partial charge in [0.1, 0.15) is 5.82 Å². The molecule has 1 aliphatic heterocycles. The van der Waals surface area contributed by atoms with Crippen molar-refractivity contribution in [2.24, 2.45) is 5.92 Å². The number of anilines is 1. The van der Waals surface area contributed by atoms with Crippen molar-refractivity contribution in [1.82, 2.24) is 5.32 Å². The summed E-state index contributed by atoms with van der Waals surface area (Å²) in [7, 11) is 0. The van der Waals surface area contributed by atoms with E-state index in [0.29, 0.717) is 0 Å². The van der Waals surface area contributed by atoms with Crippen LogP contribution >= 0.6 is 0 Å². The summed E-state index contributed by atoms with van der Waals surface area (Å²) in [6, 6.07) is 5.50. The molecule has 3 heteroatoms. The molecule has 0 atom stereocenters. The number of hydrogen-bond donors (Lipinski definition) is 1. The molecule has 106 valence electrons. The summed E-state index contributed by atoms with van der Waals surface area (Å²) in [6.45, 7) is 8.21. The standard InChI is InChI=1S/C16H25FN2/c1-3-8-18-12-14-4-5-15(17)16(11-14)19-9-6-13(2)7-10-19/h4-5,11,13,18H,3,6-10,12H2,1-2H3. The molecule has 1 saturated heterocycles. The predicted octanol–water partition coefficient (Wildman–Crippen LogP) is 3.56. The van der Waals surface area contributed by atoms with Crippen molar-refractivity contribution in [2.75, 3.05) is 24.5 Å². The lowest BCUT2D eigenvalue weighted by Crippen LogP contribution is -2.33. The maximum atomic E-state index is 14.0. The van der Waals surface area contributed by atoms with Gasteiger partial charge in [0.2, 0.25) is 0 Å². The maximum absolute atomic E-state index is 14.0. The molecule has 0 aliphatic carbocycles. The topological polar surface area (TPSA) is 15.3 Å². The van der Waals surface area contributed by atoms with Crippen LogP contribution < -0.4 is 10.2 Å². The van der Waals surface area contributed by atoms with Gasteiger partial charge in [0.25, 0.3) is 0 Å². The summed E-state index contributed by atoms with van der Waals surface area (Å²) >= 11 is 0. The SMILES string of the molecule is CCCNCc1ccc(F)c(N2CCC(C)CC2)c1. The summed E-state index contributed by atoms with van der Waals surface area (Å²) in [5.41, 5.74) is 1.95. The second kappa shape index (κ2) is 6.90. The van der Waals surface area contributed by atoms with Crippen molar-refractivity contribution in [2.45, 2.75) is 39.7 Å². The zero-order valence-corrected chi connectivity index (χ0v) is 12.1. The number of halogens is 1. The first-order chi connectivity index (χ1) is 9.20. The molecule has 1 fully saturated rings. The second-order valence-electron chi connectivity index (χ2n) is 5.63. The number of hydrogen-bond acceptors (Lipinski definition) is 2. The molecule has 2 rings (SSSR count). The van der Waals surface area contributed by atoms with E-state index in [1.165, 1.54) is 5.56 Å². The highest BCUT2D eigenvalue weighted by atomic mass is 19.1. The zero-order valence-electron chi connectivity index (χ0n) is 12.1. The molecular weight excluding hydrogens is 239 g/mol. The van der Waals surface area contributed by atoms with E-state index in [0.717, 1.165) is 57.0 Å². The van der Waals surface area contributed by atoms with E-state index in [1.807, 2.05) is 12.1 Å². The smallest absolute Gasteiger partial charge is 0.146 e.